The summed E-state index contributed by atoms with van der Waals surface area (Å²) in [7, 11) is 0. The van der Waals surface area contributed by atoms with Gasteiger partial charge in [0.2, 0.25) is 0 Å². The van der Waals surface area contributed by atoms with E-state index in [1.54, 1.807) is 6.07 Å². The van der Waals surface area contributed by atoms with Gasteiger partial charge in [-0.3, -0.25) is 0 Å². The summed E-state index contributed by atoms with van der Waals surface area (Å²) in [4.78, 5) is 1.90. The van der Waals surface area contributed by atoms with Gasteiger partial charge in [0.15, 0.2) is 0 Å². The maximum absolute atomic E-state index is 12.8. The van der Waals surface area contributed by atoms with Crippen LogP contribution in [0.3, 0.4) is 0 Å². The average molecular weight is 198 g/mol. The van der Waals surface area contributed by atoms with Crippen molar-refractivity contribution in [1.29, 1.82) is 0 Å². The summed E-state index contributed by atoms with van der Waals surface area (Å²) in [6, 6.07) is 4.28. The molecule has 0 fully saturated rings. The van der Waals surface area contributed by atoms with E-state index in [0.717, 1.165) is 12.2 Å². The second kappa shape index (κ2) is 4.81. The SMILES string of the molecule is CCN(CCO)c1ccc(F)cc1N. The standard InChI is InChI=1S/C10H15FN2O/c1-2-13(5-6-14)10-4-3-8(11)7-9(10)12/h3-4,7,14H,2,5-6,12H2,1H3. The van der Waals surface area contributed by atoms with Crippen molar-refractivity contribution in [3.05, 3.63) is 24.0 Å². The molecule has 0 aliphatic carbocycles. The summed E-state index contributed by atoms with van der Waals surface area (Å²) in [5.74, 6) is -0.341. The number of hydrogen-bond donors (Lipinski definition) is 2. The zero-order valence-corrected chi connectivity index (χ0v) is 8.20. The summed E-state index contributed by atoms with van der Waals surface area (Å²) >= 11 is 0. The fraction of sp³-hybridized carbons (Fsp3) is 0.400. The molecule has 0 aliphatic rings. The van der Waals surface area contributed by atoms with Gasteiger partial charge in [-0.2, -0.15) is 0 Å². The summed E-state index contributed by atoms with van der Waals surface area (Å²) in [5, 5.41) is 8.82. The van der Waals surface area contributed by atoms with E-state index in [2.05, 4.69) is 0 Å². The van der Waals surface area contributed by atoms with Gasteiger partial charge in [0.1, 0.15) is 5.82 Å². The van der Waals surface area contributed by atoms with E-state index in [1.165, 1.54) is 12.1 Å². The van der Waals surface area contributed by atoms with Gasteiger partial charge in [0.05, 0.1) is 18.0 Å². The molecule has 0 unspecified atom stereocenters. The van der Waals surface area contributed by atoms with Crippen LogP contribution in [0.25, 0.3) is 0 Å². The maximum Gasteiger partial charge on any atom is 0.125 e. The lowest BCUT2D eigenvalue weighted by molar-refractivity contribution is 0.302. The van der Waals surface area contributed by atoms with Gasteiger partial charge < -0.3 is 15.7 Å². The second-order valence-corrected chi connectivity index (χ2v) is 3.01. The van der Waals surface area contributed by atoms with E-state index < -0.39 is 0 Å². The molecule has 3 nitrogen and oxygen atoms in total. The van der Waals surface area contributed by atoms with Crippen molar-refractivity contribution in [3.63, 3.8) is 0 Å². The Morgan fingerprint density at radius 2 is 2.21 bits per heavy atom. The monoisotopic (exact) mass is 198 g/mol. The van der Waals surface area contributed by atoms with Crippen LogP contribution in [0.15, 0.2) is 18.2 Å². The minimum atomic E-state index is -0.341. The van der Waals surface area contributed by atoms with Crippen LogP contribution in [0.1, 0.15) is 6.92 Å². The molecule has 14 heavy (non-hydrogen) atoms. The predicted molar refractivity (Wildman–Crippen MR) is 55.8 cm³/mol. The quantitative estimate of drug-likeness (QED) is 0.715. The van der Waals surface area contributed by atoms with Gasteiger partial charge in [-0.15, -0.1) is 0 Å². The Hall–Kier alpha value is -1.29. The minimum Gasteiger partial charge on any atom is -0.397 e. The van der Waals surface area contributed by atoms with Crippen LogP contribution in [0.4, 0.5) is 15.8 Å². The molecular formula is C10H15FN2O. The Bertz CT molecular complexity index is 304. The lowest BCUT2D eigenvalue weighted by atomic mass is 10.2. The van der Waals surface area contributed by atoms with E-state index in [1.807, 2.05) is 11.8 Å². The van der Waals surface area contributed by atoms with Crippen molar-refractivity contribution in [3.8, 4) is 0 Å². The molecule has 0 aliphatic heterocycles. The third-order valence-corrected chi connectivity index (χ3v) is 2.08. The largest absolute Gasteiger partial charge is 0.397 e. The topological polar surface area (TPSA) is 49.5 Å². The Morgan fingerprint density at radius 3 is 2.71 bits per heavy atom. The Kier molecular flexibility index (Phi) is 3.71. The number of rotatable bonds is 4. The van der Waals surface area contributed by atoms with Crippen molar-refractivity contribution in [2.45, 2.75) is 6.92 Å². The first-order chi connectivity index (χ1) is 6.69. The second-order valence-electron chi connectivity index (χ2n) is 3.01. The van der Waals surface area contributed by atoms with Crippen molar-refractivity contribution in [2.75, 3.05) is 30.3 Å². The minimum absolute atomic E-state index is 0.0602. The highest BCUT2D eigenvalue weighted by Crippen LogP contribution is 2.23. The van der Waals surface area contributed by atoms with Gasteiger partial charge in [0.25, 0.3) is 0 Å². The molecule has 0 saturated carbocycles. The fourth-order valence-electron chi connectivity index (χ4n) is 1.38. The number of benzene rings is 1. The summed E-state index contributed by atoms with van der Waals surface area (Å²) in [6.45, 7) is 3.26. The predicted octanol–water partition coefficient (Wildman–Crippen LogP) is 1.23. The average Bonchev–Trinajstić information content (AvgIpc) is 2.15. The highest BCUT2D eigenvalue weighted by molar-refractivity contribution is 5.67. The van der Waals surface area contributed by atoms with Crippen LogP contribution in [0.5, 0.6) is 0 Å². The smallest absolute Gasteiger partial charge is 0.125 e. The first-order valence-corrected chi connectivity index (χ1v) is 4.60. The van der Waals surface area contributed by atoms with Gasteiger partial charge >= 0.3 is 0 Å². The molecule has 3 N–H and O–H groups in total. The van der Waals surface area contributed by atoms with Gasteiger partial charge in [-0.25, -0.2) is 4.39 Å². The van der Waals surface area contributed by atoms with Gasteiger partial charge in [-0.1, -0.05) is 0 Å². The molecule has 1 rings (SSSR count). The molecule has 0 atom stereocenters. The number of hydrogen-bond acceptors (Lipinski definition) is 3. The molecule has 4 heteroatoms. The van der Waals surface area contributed by atoms with Crippen LogP contribution in [0.2, 0.25) is 0 Å². The molecule has 0 saturated heterocycles. The Balaban J connectivity index is 2.92. The summed E-state index contributed by atoms with van der Waals surface area (Å²) in [5.41, 5.74) is 6.83. The molecule has 1 aromatic carbocycles. The normalized spacial score (nSPS) is 10.2. The van der Waals surface area contributed by atoms with Gasteiger partial charge in [-0.05, 0) is 25.1 Å². The van der Waals surface area contributed by atoms with Crippen molar-refractivity contribution >= 4 is 11.4 Å². The van der Waals surface area contributed by atoms with E-state index in [-0.39, 0.29) is 12.4 Å². The fourth-order valence-corrected chi connectivity index (χ4v) is 1.38. The van der Waals surface area contributed by atoms with Crippen LogP contribution >= 0.6 is 0 Å². The molecule has 0 aromatic heterocycles. The summed E-state index contributed by atoms with van der Waals surface area (Å²) < 4.78 is 12.8. The number of aliphatic hydroxyl groups is 1. The molecule has 0 heterocycles. The number of halogens is 1. The van der Waals surface area contributed by atoms with Crippen LogP contribution in [-0.4, -0.2) is 24.8 Å². The van der Waals surface area contributed by atoms with Crippen LogP contribution in [-0.2, 0) is 0 Å². The first-order valence-electron chi connectivity index (χ1n) is 4.60. The number of aliphatic hydroxyl groups excluding tert-OH is 1. The molecule has 78 valence electrons. The first kappa shape index (κ1) is 10.8. The zero-order chi connectivity index (χ0) is 10.6. The lowest BCUT2D eigenvalue weighted by Crippen LogP contribution is -2.26. The molecular weight excluding hydrogens is 183 g/mol. The van der Waals surface area contributed by atoms with Gasteiger partial charge in [0, 0.05) is 13.1 Å². The molecule has 0 bridgehead atoms. The number of likely N-dealkylation sites (N-methyl/N-ethyl adjacent to an activating group) is 1. The van der Waals surface area contributed by atoms with Crippen molar-refractivity contribution in [2.24, 2.45) is 0 Å². The zero-order valence-electron chi connectivity index (χ0n) is 8.20. The van der Waals surface area contributed by atoms with E-state index in [0.29, 0.717) is 12.2 Å². The molecule has 0 spiro atoms. The summed E-state index contributed by atoms with van der Waals surface area (Å²) in [6.07, 6.45) is 0. The highest BCUT2D eigenvalue weighted by Gasteiger charge is 2.07. The molecule has 1 aromatic rings. The van der Waals surface area contributed by atoms with E-state index >= 15 is 0 Å². The van der Waals surface area contributed by atoms with Crippen molar-refractivity contribution in [1.82, 2.24) is 0 Å². The highest BCUT2D eigenvalue weighted by atomic mass is 19.1. The third kappa shape index (κ3) is 2.35. The Labute approximate surface area is 83.0 Å². The van der Waals surface area contributed by atoms with E-state index in [4.69, 9.17) is 10.8 Å². The third-order valence-electron chi connectivity index (χ3n) is 2.08. The number of nitrogen functional groups attached to an aromatic ring is 1. The molecule has 0 radical (unpaired) electrons. The Morgan fingerprint density at radius 1 is 1.50 bits per heavy atom. The molecule has 0 amide bonds. The van der Waals surface area contributed by atoms with Crippen molar-refractivity contribution < 1.29 is 9.50 Å². The lowest BCUT2D eigenvalue weighted by Gasteiger charge is -2.23. The van der Waals surface area contributed by atoms with Crippen LogP contribution < -0.4 is 10.6 Å². The number of nitrogens with zero attached hydrogens (tertiary/aromatic N) is 1. The number of anilines is 2. The van der Waals surface area contributed by atoms with E-state index in [9.17, 15) is 4.39 Å². The maximum atomic E-state index is 12.8. The number of nitrogens with two attached hydrogens (primary N) is 1. The van der Waals surface area contributed by atoms with Crippen LogP contribution in [0, 0.1) is 5.82 Å².